The molecular formula is C17H9ClF3N5O3. The van der Waals surface area contributed by atoms with Crippen molar-refractivity contribution in [2.75, 3.05) is 0 Å². The fraction of sp³-hybridized carbons (Fsp3) is 0.118. The zero-order valence-electron chi connectivity index (χ0n) is 14.2. The molecule has 0 saturated heterocycles. The van der Waals surface area contributed by atoms with E-state index in [9.17, 15) is 22.8 Å². The molecule has 0 aliphatic rings. The van der Waals surface area contributed by atoms with Gasteiger partial charge in [0.15, 0.2) is 5.69 Å². The summed E-state index contributed by atoms with van der Waals surface area (Å²) in [7, 11) is 0. The summed E-state index contributed by atoms with van der Waals surface area (Å²) < 4.78 is 45.4. The molecule has 0 unspecified atom stereocenters. The van der Waals surface area contributed by atoms with Gasteiger partial charge in [-0.1, -0.05) is 11.6 Å². The van der Waals surface area contributed by atoms with E-state index in [2.05, 4.69) is 15.0 Å². The molecule has 3 aromatic rings. The smallest absolute Gasteiger partial charge is 0.425 e. The lowest BCUT2D eigenvalue weighted by atomic mass is 10.2. The van der Waals surface area contributed by atoms with Gasteiger partial charge in [-0.25, -0.2) is 4.98 Å². The van der Waals surface area contributed by atoms with Gasteiger partial charge < -0.3 is 9.72 Å². The molecule has 0 spiro atoms. The number of H-pyrrole nitrogens is 1. The van der Waals surface area contributed by atoms with Gasteiger partial charge in [-0.05, 0) is 18.2 Å². The molecule has 0 saturated carbocycles. The van der Waals surface area contributed by atoms with E-state index in [1.54, 1.807) is 0 Å². The number of benzene rings is 1. The van der Waals surface area contributed by atoms with Crippen LogP contribution in [0.5, 0.6) is 11.8 Å². The zero-order valence-corrected chi connectivity index (χ0v) is 15.0. The van der Waals surface area contributed by atoms with E-state index in [4.69, 9.17) is 21.6 Å². The van der Waals surface area contributed by atoms with Crippen LogP contribution in [0.2, 0.25) is 5.02 Å². The minimum Gasteiger partial charge on any atom is -0.425 e. The van der Waals surface area contributed by atoms with Crippen molar-refractivity contribution in [3.63, 3.8) is 0 Å². The Hall–Kier alpha value is -3.65. The monoisotopic (exact) mass is 423 g/mol. The second-order valence-electron chi connectivity index (χ2n) is 5.64. The molecule has 0 aliphatic heterocycles. The number of halogens is 4. The van der Waals surface area contributed by atoms with Gasteiger partial charge in [-0.3, -0.25) is 14.2 Å². The largest absolute Gasteiger partial charge is 0.433 e. The quantitative estimate of drug-likeness (QED) is 0.690. The number of hydrogen-bond donors (Lipinski definition) is 1. The Morgan fingerprint density at radius 3 is 2.66 bits per heavy atom. The van der Waals surface area contributed by atoms with Gasteiger partial charge in [0.05, 0.1) is 30.1 Å². The second-order valence-corrected chi connectivity index (χ2v) is 6.08. The first kappa shape index (κ1) is 20.1. The lowest BCUT2D eigenvalue weighted by molar-refractivity contribution is -0.141. The molecule has 0 fully saturated rings. The van der Waals surface area contributed by atoms with E-state index >= 15 is 0 Å². The molecule has 1 aromatic carbocycles. The number of aromatic amines is 1. The van der Waals surface area contributed by atoms with Crippen molar-refractivity contribution in [1.82, 2.24) is 19.5 Å². The molecule has 0 aliphatic carbocycles. The molecule has 0 radical (unpaired) electrons. The maximum Gasteiger partial charge on any atom is 0.433 e. The third-order valence-electron chi connectivity index (χ3n) is 3.59. The number of nitrogens with zero attached hydrogens (tertiary/aromatic N) is 4. The summed E-state index contributed by atoms with van der Waals surface area (Å²) in [6.45, 7) is -0.450. The summed E-state index contributed by atoms with van der Waals surface area (Å²) in [5, 5.41) is 9.09. The van der Waals surface area contributed by atoms with E-state index in [0.717, 1.165) is 17.1 Å². The van der Waals surface area contributed by atoms with Gasteiger partial charge in [0, 0.05) is 17.3 Å². The third-order valence-corrected chi connectivity index (χ3v) is 3.81. The molecule has 29 heavy (non-hydrogen) atoms. The first-order valence-corrected chi connectivity index (χ1v) is 8.14. The maximum atomic E-state index is 13.1. The van der Waals surface area contributed by atoms with Gasteiger partial charge in [0.1, 0.15) is 5.75 Å². The highest BCUT2D eigenvalue weighted by atomic mass is 35.5. The average molecular weight is 424 g/mol. The number of ether oxygens (including phenoxy) is 1. The van der Waals surface area contributed by atoms with Crippen LogP contribution >= 0.6 is 11.6 Å². The normalized spacial score (nSPS) is 11.1. The molecular weight excluding hydrogens is 415 g/mol. The summed E-state index contributed by atoms with van der Waals surface area (Å²) in [5.41, 5.74) is -3.10. The van der Waals surface area contributed by atoms with Gasteiger partial charge >= 0.3 is 12.2 Å². The fourth-order valence-corrected chi connectivity index (χ4v) is 2.53. The predicted octanol–water partition coefficient (Wildman–Crippen LogP) is 2.71. The topological polar surface area (TPSA) is 114 Å². The Labute approximate surface area is 164 Å². The SMILES string of the molecule is N#Cc1cc(Cl)cc(Oc2nc(C(F)(F)F)cc(=O)n2Cc2cnc[nH]c2=O)c1. The number of nitrogens with one attached hydrogen (secondary N) is 1. The highest BCUT2D eigenvalue weighted by molar-refractivity contribution is 6.30. The van der Waals surface area contributed by atoms with E-state index in [1.807, 2.05) is 6.07 Å². The first-order valence-electron chi connectivity index (χ1n) is 7.76. The number of rotatable bonds is 4. The van der Waals surface area contributed by atoms with Crippen molar-refractivity contribution in [1.29, 1.82) is 5.26 Å². The average Bonchev–Trinajstić information content (AvgIpc) is 2.64. The lowest BCUT2D eigenvalue weighted by Gasteiger charge is -2.15. The van der Waals surface area contributed by atoms with Gasteiger partial charge in [-0.15, -0.1) is 0 Å². The van der Waals surface area contributed by atoms with Crippen molar-refractivity contribution in [2.24, 2.45) is 0 Å². The van der Waals surface area contributed by atoms with Crippen LogP contribution in [0, 0.1) is 11.3 Å². The van der Waals surface area contributed by atoms with E-state index in [1.165, 1.54) is 18.2 Å². The van der Waals surface area contributed by atoms with Crippen molar-refractivity contribution in [3.05, 3.63) is 79.3 Å². The van der Waals surface area contributed by atoms with Crippen molar-refractivity contribution in [3.8, 4) is 17.8 Å². The predicted molar refractivity (Wildman–Crippen MR) is 93.7 cm³/mol. The maximum absolute atomic E-state index is 13.1. The summed E-state index contributed by atoms with van der Waals surface area (Å²) in [4.78, 5) is 33.6. The Kier molecular flexibility index (Phi) is 5.38. The highest BCUT2D eigenvalue weighted by Gasteiger charge is 2.34. The Bertz CT molecular complexity index is 1230. The molecule has 0 bridgehead atoms. The van der Waals surface area contributed by atoms with E-state index in [0.29, 0.717) is 0 Å². The molecule has 12 heteroatoms. The third kappa shape index (κ3) is 4.61. The molecule has 3 rings (SSSR count). The molecule has 1 N–H and O–H groups in total. The van der Waals surface area contributed by atoms with E-state index in [-0.39, 0.29) is 28.0 Å². The minimum absolute atomic E-state index is 0.00943. The number of alkyl halides is 3. The van der Waals surface area contributed by atoms with Crippen molar-refractivity contribution < 1.29 is 17.9 Å². The van der Waals surface area contributed by atoms with Crippen LogP contribution in [-0.2, 0) is 12.7 Å². The molecule has 148 valence electrons. The Morgan fingerprint density at radius 1 is 1.24 bits per heavy atom. The fourth-order valence-electron chi connectivity index (χ4n) is 2.30. The van der Waals surface area contributed by atoms with Crippen LogP contribution in [0.25, 0.3) is 0 Å². The molecule has 0 amide bonds. The van der Waals surface area contributed by atoms with Crippen LogP contribution in [-0.4, -0.2) is 19.5 Å². The summed E-state index contributed by atoms with van der Waals surface area (Å²) in [5.74, 6) is -0.117. The first-order chi connectivity index (χ1) is 13.7. The molecule has 8 nitrogen and oxygen atoms in total. The summed E-state index contributed by atoms with van der Waals surface area (Å²) in [6, 6.07) is 5.12. The molecule has 0 atom stereocenters. The minimum atomic E-state index is -4.91. The van der Waals surface area contributed by atoms with Gasteiger partial charge in [0.25, 0.3) is 11.1 Å². The van der Waals surface area contributed by atoms with Crippen LogP contribution in [0.15, 0.2) is 46.4 Å². The van der Waals surface area contributed by atoms with Crippen LogP contribution in [0.4, 0.5) is 13.2 Å². The van der Waals surface area contributed by atoms with Gasteiger partial charge in [0.2, 0.25) is 0 Å². The van der Waals surface area contributed by atoms with Crippen LogP contribution in [0.1, 0.15) is 16.8 Å². The Morgan fingerprint density at radius 2 is 2.00 bits per heavy atom. The van der Waals surface area contributed by atoms with E-state index < -0.39 is 35.5 Å². The standard InChI is InChI=1S/C17H9ClF3N5O3/c18-11-1-9(5-22)2-12(3-11)29-16-25-13(17(19,20)21)4-14(27)26(16)7-10-6-23-8-24-15(10)28/h1-4,6,8H,7H2,(H,23,24,28). The summed E-state index contributed by atoms with van der Waals surface area (Å²) >= 11 is 5.87. The highest BCUT2D eigenvalue weighted by Crippen LogP contribution is 2.30. The molecule has 2 heterocycles. The summed E-state index contributed by atoms with van der Waals surface area (Å²) in [6.07, 6.45) is -2.64. The Balaban J connectivity index is 2.14. The van der Waals surface area contributed by atoms with Crippen molar-refractivity contribution in [2.45, 2.75) is 12.7 Å². The van der Waals surface area contributed by atoms with Gasteiger partial charge in [-0.2, -0.15) is 23.4 Å². The lowest BCUT2D eigenvalue weighted by Crippen LogP contribution is -2.28. The number of hydrogen-bond acceptors (Lipinski definition) is 6. The van der Waals surface area contributed by atoms with Crippen LogP contribution in [0.3, 0.4) is 0 Å². The van der Waals surface area contributed by atoms with Crippen molar-refractivity contribution >= 4 is 11.6 Å². The number of aromatic nitrogens is 4. The molecule has 2 aromatic heterocycles. The zero-order chi connectivity index (χ0) is 21.2. The van der Waals surface area contributed by atoms with Crippen LogP contribution < -0.4 is 15.9 Å². The second kappa shape index (κ2) is 7.76. The number of nitriles is 1.